The largest absolute Gasteiger partial charge is 0.486 e. The van der Waals surface area contributed by atoms with Crippen LogP contribution in [-0.4, -0.2) is 73.9 Å². The van der Waals surface area contributed by atoms with Crippen LogP contribution in [0.4, 0.5) is 17.6 Å². The lowest BCUT2D eigenvalue weighted by molar-refractivity contribution is -0.181. The van der Waals surface area contributed by atoms with E-state index in [4.69, 9.17) is 4.74 Å². The molecule has 1 aromatic carbocycles. The average molecular weight is 518 g/mol. The van der Waals surface area contributed by atoms with Gasteiger partial charge in [0.2, 0.25) is 0 Å². The molecule has 1 aliphatic heterocycles. The normalized spacial score (nSPS) is 18.2. The van der Waals surface area contributed by atoms with Crippen LogP contribution in [0.3, 0.4) is 0 Å². The van der Waals surface area contributed by atoms with E-state index in [1.54, 1.807) is 32.2 Å². The van der Waals surface area contributed by atoms with Gasteiger partial charge in [-0.15, -0.1) is 24.0 Å². The standard InChI is InChI=1S/C18H26F4N4O.HI/c1-13(27-16-7-5-4-6-15(16)19)12-24-17(23-3)26-10-8-25(9-11-26)14(2)18(20,21)22;/h4-7,13-14H,8-12H2,1-3H3,(H,23,24);1H. The van der Waals surface area contributed by atoms with Gasteiger partial charge in [-0.25, -0.2) is 4.39 Å². The number of guanidine groups is 1. The predicted octanol–water partition coefficient (Wildman–Crippen LogP) is 3.35. The van der Waals surface area contributed by atoms with E-state index in [2.05, 4.69) is 10.3 Å². The number of hydrogen-bond donors (Lipinski definition) is 1. The average Bonchev–Trinajstić information content (AvgIpc) is 2.63. The van der Waals surface area contributed by atoms with Crippen molar-refractivity contribution in [3.8, 4) is 5.75 Å². The second-order valence-electron chi connectivity index (χ2n) is 6.53. The second kappa shape index (κ2) is 11.0. The van der Waals surface area contributed by atoms with Crippen molar-refractivity contribution in [3.63, 3.8) is 0 Å². The van der Waals surface area contributed by atoms with Crippen molar-refractivity contribution >= 4 is 29.9 Å². The summed E-state index contributed by atoms with van der Waals surface area (Å²) in [5, 5.41) is 3.14. The van der Waals surface area contributed by atoms with Gasteiger partial charge in [-0.05, 0) is 26.0 Å². The maximum absolute atomic E-state index is 13.6. The minimum absolute atomic E-state index is 0. The predicted molar refractivity (Wildman–Crippen MR) is 112 cm³/mol. The number of halogens is 5. The van der Waals surface area contributed by atoms with Gasteiger partial charge in [0.25, 0.3) is 0 Å². The van der Waals surface area contributed by atoms with Crippen LogP contribution >= 0.6 is 24.0 Å². The van der Waals surface area contributed by atoms with E-state index in [1.807, 2.05) is 4.90 Å². The Kier molecular flexibility index (Phi) is 9.75. The maximum Gasteiger partial charge on any atom is 0.403 e. The Morgan fingerprint density at radius 1 is 1.18 bits per heavy atom. The van der Waals surface area contributed by atoms with Gasteiger partial charge < -0.3 is 15.0 Å². The third kappa shape index (κ3) is 6.94. The highest BCUT2D eigenvalue weighted by molar-refractivity contribution is 14.0. The maximum atomic E-state index is 13.6. The molecule has 1 aliphatic rings. The van der Waals surface area contributed by atoms with Gasteiger partial charge in [-0.2, -0.15) is 13.2 Å². The van der Waals surface area contributed by atoms with Crippen LogP contribution in [0.25, 0.3) is 0 Å². The zero-order valence-electron chi connectivity index (χ0n) is 16.2. The molecule has 0 saturated carbocycles. The van der Waals surface area contributed by atoms with Gasteiger partial charge in [-0.1, -0.05) is 12.1 Å². The van der Waals surface area contributed by atoms with Gasteiger partial charge in [0, 0.05) is 33.2 Å². The summed E-state index contributed by atoms with van der Waals surface area (Å²) < 4.78 is 57.7. The van der Waals surface area contributed by atoms with Crippen LogP contribution in [-0.2, 0) is 0 Å². The molecular formula is C18H27F4IN4O. The van der Waals surface area contributed by atoms with Crippen LogP contribution in [0.1, 0.15) is 13.8 Å². The quantitative estimate of drug-likeness (QED) is 0.281. The summed E-state index contributed by atoms with van der Waals surface area (Å²) in [6.07, 6.45) is -4.54. The van der Waals surface area contributed by atoms with Crippen LogP contribution in [0, 0.1) is 5.82 Å². The van der Waals surface area contributed by atoms with Crippen LogP contribution in [0.15, 0.2) is 29.3 Å². The highest BCUT2D eigenvalue weighted by Gasteiger charge is 2.41. The molecule has 0 aromatic heterocycles. The topological polar surface area (TPSA) is 40.1 Å². The molecule has 1 N–H and O–H groups in total. The minimum Gasteiger partial charge on any atom is -0.486 e. The molecule has 10 heteroatoms. The molecule has 1 fully saturated rings. The lowest BCUT2D eigenvalue weighted by Crippen LogP contribution is -2.57. The first-order valence-corrected chi connectivity index (χ1v) is 8.90. The first-order valence-electron chi connectivity index (χ1n) is 8.90. The molecule has 160 valence electrons. The Morgan fingerprint density at radius 3 is 2.32 bits per heavy atom. The Labute approximate surface area is 180 Å². The van der Waals surface area contributed by atoms with E-state index in [9.17, 15) is 17.6 Å². The Bertz CT molecular complexity index is 636. The van der Waals surface area contributed by atoms with E-state index in [0.717, 1.165) is 0 Å². The van der Waals surface area contributed by atoms with Gasteiger partial charge in [0.05, 0.1) is 6.54 Å². The Balaban J connectivity index is 0.00000392. The first kappa shape index (κ1) is 24.7. The Morgan fingerprint density at radius 2 is 1.79 bits per heavy atom. The van der Waals surface area contributed by atoms with E-state index < -0.39 is 18.0 Å². The summed E-state index contributed by atoms with van der Waals surface area (Å²) >= 11 is 0. The number of nitrogens with one attached hydrogen (secondary N) is 1. The molecule has 2 atom stereocenters. The van der Waals surface area contributed by atoms with Crippen molar-refractivity contribution in [1.82, 2.24) is 15.1 Å². The van der Waals surface area contributed by atoms with Gasteiger partial charge in [0.1, 0.15) is 12.1 Å². The zero-order valence-corrected chi connectivity index (χ0v) is 18.5. The summed E-state index contributed by atoms with van der Waals surface area (Å²) in [5.41, 5.74) is 0. The summed E-state index contributed by atoms with van der Waals surface area (Å²) in [5.74, 6) is 0.346. The third-order valence-electron chi connectivity index (χ3n) is 4.56. The third-order valence-corrected chi connectivity index (χ3v) is 4.56. The van der Waals surface area contributed by atoms with Crippen molar-refractivity contribution in [1.29, 1.82) is 0 Å². The molecule has 2 unspecified atom stereocenters. The molecular weight excluding hydrogens is 491 g/mol. The molecule has 0 amide bonds. The van der Waals surface area contributed by atoms with E-state index >= 15 is 0 Å². The second-order valence-corrected chi connectivity index (χ2v) is 6.53. The van der Waals surface area contributed by atoms with Gasteiger partial charge in [0.15, 0.2) is 17.5 Å². The SMILES string of the molecule is CN=C(NCC(C)Oc1ccccc1F)N1CCN(C(C)C(F)(F)F)CC1.I. The lowest BCUT2D eigenvalue weighted by Gasteiger charge is -2.39. The van der Waals surface area contributed by atoms with E-state index in [-0.39, 0.29) is 35.8 Å². The number of alkyl halides is 3. The van der Waals surface area contributed by atoms with Gasteiger partial charge in [-0.3, -0.25) is 9.89 Å². The zero-order chi connectivity index (χ0) is 20.0. The summed E-state index contributed by atoms with van der Waals surface area (Å²) in [4.78, 5) is 7.52. The number of para-hydroxylation sites is 1. The number of piperazine rings is 1. The molecule has 1 aromatic rings. The van der Waals surface area contributed by atoms with Crippen molar-refractivity contribution in [2.45, 2.75) is 32.2 Å². The highest BCUT2D eigenvalue weighted by atomic mass is 127. The fraction of sp³-hybridized carbons (Fsp3) is 0.611. The molecule has 28 heavy (non-hydrogen) atoms. The fourth-order valence-electron chi connectivity index (χ4n) is 2.89. The number of hydrogen-bond acceptors (Lipinski definition) is 3. The van der Waals surface area contributed by atoms with Crippen LogP contribution in [0.2, 0.25) is 0 Å². The number of ether oxygens (including phenoxy) is 1. The summed E-state index contributed by atoms with van der Waals surface area (Å²) in [7, 11) is 1.62. The first-order chi connectivity index (χ1) is 12.7. The molecule has 0 spiro atoms. The van der Waals surface area contributed by atoms with Crippen molar-refractivity contribution in [3.05, 3.63) is 30.1 Å². The smallest absolute Gasteiger partial charge is 0.403 e. The van der Waals surface area contributed by atoms with Crippen LogP contribution < -0.4 is 10.1 Å². The summed E-state index contributed by atoms with van der Waals surface area (Å²) in [6.45, 7) is 4.89. The highest BCUT2D eigenvalue weighted by Crippen LogP contribution is 2.25. The van der Waals surface area contributed by atoms with Gasteiger partial charge >= 0.3 is 6.18 Å². The van der Waals surface area contributed by atoms with Crippen LogP contribution in [0.5, 0.6) is 5.75 Å². The monoisotopic (exact) mass is 518 g/mol. The molecule has 0 radical (unpaired) electrons. The number of benzene rings is 1. The molecule has 0 aliphatic carbocycles. The lowest BCUT2D eigenvalue weighted by atomic mass is 10.2. The minimum atomic E-state index is -4.22. The number of rotatable bonds is 5. The molecule has 2 rings (SSSR count). The summed E-state index contributed by atoms with van der Waals surface area (Å²) in [6, 6.07) is 4.71. The molecule has 5 nitrogen and oxygen atoms in total. The van der Waals surface area contributed by atoms with Crippen molar-refractivity contribution in [2.75, 3.05) is 39.8 Å². The van der Waals surface area contributed by atoms with E-state index in [0.29, 0.717) is 38.7 Å². The molecule has 1 saturated heterocycles. The van der Waals surface area contributed by atoms with E-state index in [1.165, 1.54) is 17.9 Å². The number of aliphatic imine (C=N–C) groups is 1. The van der Waals surface area contributed by atoms with Crippen molar-refractivity contribution in [2.24, 2.45) is 4.99 Å². The molecule has 1 heterocycles. The fourth-order valence-corrected chi connectivity index (χ4v) is 2.89. The molecule has 0 bridgehead atoms. The number of nitrogens with zero attached hydrogens (tertiary/aromatic N) is 3. The Hall–Kier alpha value is -1.30. The van der Waals surface area contributed by atoms with Crippen molar-refractivity contribution < 1.29 is 22.3 Å².